The Bertz CT molecular complexity index is 529. The molecule has 0 radical (unpaired) electrons. The second kappa shape index (κ2) is 4.96. The topological polar surface area (TPSA) is 71.9 Å². The Kier molecular flexibility index (Phi) is 3.55. The summed E-state index contributed by atoms with van der Waals surface area (Å²) < 4.78 is 1.84. The van der Waals surface area contributed by atoms with Crippen LogP contribution in [-0.4, -0.2) is 10.4 Å². The van der Waals surface area contributed by atoms with Gasteiger partial charge in [0.25, 0.3) is 5.56 Å². The Morgan fingerprint density at radius 3 is 2.72 bits per heavy atom. The summed E-state index contributed by atoms with van der Waals surface area (Å²) in [5.41, 5.74) is 8.13. The van der Waals surface area contributed by atoms with Gasteiger partial charge in [0.05, 0.1) is 5.56 Å². The lowest BCUT2D eigenvalue weighted by Crippen LogP contribution is -2.34. The molecule has 3 N–H and O–H groups in total. The summed E-state index contributed by atoms with van der Waals surface area (Å²) in [6, 6.07) is 1.83. The number of nitrogens with one attached hydrogen (secondary N) is 1. The molecule has 0 bridgehead atoms. The van der Waals surface area contributed by atoms with Gasteiger partial charge in [0.2, 0.25) is 0 Å². The van der Waals surface area contributed by atoms with Gasteiger partial charge in [-0.3, -0.25) is 10.2 Å². The Hall–Kier alpha value is -1.58. The van der Waals surface area contributed by atoms with Gasteiger partial charge in [-0.1, -0.05) is 13.8 Å². The molecule has 18 heavy (non-hydrogen) atoms. The molecule has 98 valence electrons. The average Bonchev–Trinajstić information content (AvgIpc) is 2.31. The fourth-order valence-electron chi connectivity index (χ4n) is 2.63. The molecule has 1 aromatic rings. The number of pyridine rings is 1. The van der Waals surface area contributed by atoms with Crippen molar-refractivity contribution >= 4 is 5.84 Å². The normalized spacial score (nSPS) is 14.6. The molecular formula is C14H21N3O. The molecule has 1 aliphatic rings. The minimum Gasteiger partial charge on any atom is -0.384 e. The molecule has 0 unspecified atom stereocenters. The first-order valence-electron chi connectivity index (χ1n) is 6.60. The lowest BCUT2D eigenvalue weighted by Gasteiger charge is -2.23. The standard InChI is InChI=1S/C14H21N3O/c1-9(2)8-17-12-6-4-3-5-10(12)7-11(13(15)16)14(17)18/h7,9H,3-6,8H2,1-2H3,(H3,15,16). The van der Waals surface area contributed by atoms with Gasteiger partial charge < -0.3 is 10.3 Å². The summed E-state index contributed by atoms with van der Waals surface area (Å²) in [5, 5.41) is 7.54. The van der Waals surface area contributed by atoms with Crippen LogP contribution < -0.4 is 11.3 Å². The number of fused-ring (bicyclic) bond motifs is 1. The third kappa shape index (κ3) is 2.33. The molecule has 0 spiro atoms. The van der Waals surface area contributed by atoms with Crippen LogP contribution in [0.15, 0.2) is 10.9 Å². The number of aromatic nitrogens is 1. The van der Waals surface area contributed by atoms with Crippen molar-refractivity contribution in [3.8, 4) is 0 Å². The fourth-order valence-corrected chi connectivity index (χ4v) is 2.63. The Morgan fingerprint density at radius 1 is 1.44 bits per heavy atom. The highest BCUT2D eigenvalue weighted by molar-refractivity contribution is 5.94. The largest absolute Gasteiger partial charge is 0.384 e. The first-order valence-corrected chi connectivity index (χ1v) is 6.60. The quantitative estimate of drug-likeness (QED) is 0.630. The summed E-state index contributed by atoms with van der Waals surface area (Å²) in [4.78, 5) is 12.4. The maximum absolute atomic E-state index is 12.4. The van der Waals surface area contributed by atoms with E-state index in [1.165, 1.54) is 5.56 Å². The second-order valence-electron chi connectivity index (χ2n) is 5.46. The summed E-state index contributed by atoms with van der Waals surface area (Å²) in [6.45, 7) is 4.91. The molecule has 0 saturated carbocycles. The van der Waals surface area contributed by atoms with Gasteiger partial charge in [0.1, 0.15) is 5.84 Å². The SMILES string of the molecule is CC(C)Cn1c2c(cc(C(=N)N)c1=O)CCCC2. The summed E-state index contributed by atoms with van der Waals surface area (Å²) >= 11 is 0. The van der Waals surface area contributed by atoms with Crippen LogP contribution in [0.4, 0.5) is 0 Å². The first kappa shape index (κ1) is 12.9. The molecule has 2 rings (SSSR count). The van der Waals surface area contributed by atoms with Gasteiger partial charge in [-0.2, -0.15) is 0 Å². The van der Waals surface area contributed by atoms with E-state index in [2.05, 4.69) is 13.8 Å². The van der Waals surface area contributed by atoms with Crippen molar-refractivity contribution in [2.24, 2.45) is 11.7 Å². The Morgan fingerprint density at radius 2 is 2.11 bits per heavy atom. The average molecular weight is 247 g/mol. The highest BCUT2D eigenvalue weighted by Gasteiger charge is 2.19. The molecule has 0 atom stereocenters. The zero-order chi connectivity index (χ0) is 13.3. The third-order valence-corrected chi connectivity index (χ3v) is 3.44. The molecular weight excluding hydrogens is 226 g/mol. The minimum absolute atomic E-state index is 0.100. The second-order valence-corrected chi connectivity index (χ2v) is 5.46. The van der Waals surface area contributed by atoms with Crippen LogP contribution in [0.25, 0.3) is 0 Å². The minimum atomic E-state index is -0.120. The van der Waals surface area contributed by atoms with Crippen LogP contribution in [0.2, 0.25) is 0 Å². The number of nitrogens with two attached hydrogens (primary N) is 1. The van der Waals surface area contributed by atoms with Gasteiger partial charge in [0.15, 0.2) is 0 Å². The lowest BCUT2D eigenvalue weighted by molar-refractivity contribution is 0.480. The number of amidine groups is 1. The van der Waals surface area contributed by atoms with Crippen molar-refractivity contribution in [2.45, 2.75) is 46.1 Å². The van der Waals surface area contributed by atoms with Gasteiger partial charge >= 0.3 is 0 Å². The van der Waals surface area contributed by atoms with Gasteiger partial charge in [0, 0.05) is 12.2 Å². The number of nitrogens with zero attached hydrogens (tertiary/aromatic N) is 1. The van der Waals surface area contributed by atoms with Crippen molar-refractivity contribution in [1.82, 2.24) is 4.57 Å². The molecule has 4 nitrogen and oxygen atoms in total. The van der Waals surface area contributed by atoms with E-state index in [0.717, 1.165) is 31.4 Å². The summed E-state index contributed by atoms with van der Waals surface area (Å²) in [6.07, 6.45) is 4.26. The van der Waals surface area contributed by atoms with Crippen LogP contribution in [0.3, 0.4) is 0 Å². The predicted octanol–water partition coefficient (Wildman–Crippen LogP) is 1.67. The van der Waals surface area contributed by atoms with Crippen molar-refractivity contribution in [3.05, 3.63) is 33.2 Å². The highest BCUT2D eigenvalue weighted by Crippen LogP contribution is 2.21. The first-order chi connectivity index (χ1) is 8.50. The maximum atomic E-state index is 12.4. The van der Waals surface area contributed by atoms with E-state index in [0.29, 0.717) is 18.0 Å². The molecule has 0 saturated heterocycles. The third-order valence-electron chi connectivity index (χ3n) is 3.44. The van der Waals surface area contributed by atoms with Crippen LogP contribution >= 0.6 is 0 Å². The maximum Gasteiger partial charge on any atom is 0.261 e. The Labute approximate surface area is 107 Å². The highest BCUT2D eigenvalue weighted by atomic mass is 16.1. The molecule has 4 heteroatoms. The van der Waals surface area contributed by atoms with Crippen LogP contribution in [0.5, 0.6) is 0 Å². The van der Waals surface area contributed by atoms with Gasteiger partial charge in [-0.25, -0.2) is 0 Å². The van der Waals surface area contributed by atoms with Gasteiger partial charge in [-0.05, 0) is 43.2 Å². The summed E-state index contributed by atoms with van der Waals surface area (Å²) in [5.74, 6) is 0.293. The zero-order valence-corrected chi connectivity index (χ0v) is 11.1. The van der Waals surface area contributed by atoms with Crippen LogP contribution in [0, 0.1) is 11.3 Å². The van der Waals surface area contributed by atoms with Gasteiger partial charge in [-0.15, -0.1) is 0 Å². The summed E-state index contributed by atoms with van der Waals surface area (Å²) in [7, 11) is 0. The molecule has 1 heterocycles. The number of aryl methyl sites for hydroxylation is 1. The van der Waals surface area contributed by atoms with E-state index >= 15 is 0 Å². The predicted molar refractivity (Wildman–Crippen MR) is 73.2 cm³/mol. The molecule has 0 fully saturated rings. The van der Waals surface area contributed by atoms with Crippen molar-refractivity contribution in [3.63, 3.8) is 0 Å². The van der Waals surface area contributed by atoms with Crippen LogP contribution in [-0.2, 0) is 19.4 Å². The van der Waals surface area contributed by atoms with E-state index < -0.39 is 0 Å². The smallest absolute Gasteiger partial charge is 0.261 e. The van der Waals surface area contributed by atoms with E-state index in [1.54, 1.807) is 0 Å². The van der Waals surface area contributed by atoms with E-state index in [1.807, 2.05) is 10.6 Å². The number of hydrogen-bond acceptors (Lipinski definition) is 2. The van der Waals surface area contributed by atoms with Crippen molar-refractivity contribution < 1.29 is 0 Å². The van der Waals surface area contributed by atoms with Crippen LogP contribution in [0.1, 0.15) is 43.5 Å². The number of hydrogen-bond donors (Lipinski definition) is 2. The van der Waals surface area contributed by atoms with Crippen molar-refractivity contribution in [1.29, 1.82) is 5.41 Å². The Balaban J connectivity index is 2.63. The van der Waals surface area contributed by atoms with Crippen molar-refractivity contribution in [2.75, 3.05) is 0 Å². The van der Waals surface area contributed by atoms with E-state index in [9.17, 15) is 4.79 Å². The number of nitrogen functional groups attached to an aromatic ring is 1. The van der Waals surface area contributed by atoms with E-state index in [-0.39, 0.29) is 11.4 Å². The zero-order valence-electron chi connectivity index (χ0n) is 11.1. The molecule has 1 aliphatic carbocycles. The monoisotopic (exact) mass is 247 g/mol. The lowest BCUT2D eigenvalue weighted by atomic mass is 9.94. The van der Waals surface area contributed by atoms with E-state index in [4.69, 9.17) is 11.1 Å². The molecule has 0 amide bonds. The molecule has 1 aromatic heterocycles. The fraction of sp³-hybridized carbons (Fsp3) is 0.571. The molecule has 0 aliphatic heterocycles. The number of rotatable bonds is 3. The molecule has 0 aromatic carbocycles.